The van der Waals surface area contributed by atoms with Crippen molar-refractivity contribution in [2.45, 2.75) is 45.3 Å². The zero-order valence-electron chi connectivity index (χ0n) is 12.9. The molecule has 2 saturated heterocycles. The molecule has 0 aromatic heterocycles. The highest BCUT2D eigenvalue weighted by molar-refractivity contribution is 5.81. The van der Waals surface area contributed by atoms with Gasteiger partial charge in [-0.1, -0.05) is 13.8 Å². The topological polar surface area (TPSA) is 58.8 Å². The molecule has 2 rings (SSSR count). The SMILES string of the molecule is CC(C)C(N)C(=O)N1CCCN(CC2CCCO2)CC1. The fourth-order valence-electron chi connectivity index (χ4n) is 2.95. The van der Waals surface area contributed by atoms with Gasteiger partial charge in [0.1, 0.15) is 0 Å². The van der Waals surface area contributed by atoms with Crippen LogP contribution in [-0.4, -0.2) is 67.2 Å². The second-order valence-electron chi connectivity index (χ2n) is 6.38. The first-order chi connectivity index (χ1) is 9.58. The van der Waals surface area contributed by atoms with Crippen molar-refractivity contribution in [1.82, 2.24) is 9.80 Å². The molecule has 20 heavy (non-hydrogen) atoms. The Bertz CT molecular complexity index is 316. The van der Waals surface area contributed by atoms with Crippen LogP contribution in [0.3, 0.4) is 0 Å². The van der Waals surface area contributed by atoms with Gasteiger partial charge in [-0.25, -0.2) is 0 Å². The summed E-state index contributed by atoms with van der Waals surface area (Å²) in [5.74, 6) is 0.313. The van der Waals surface area contributed by atoms with Crippen LogP contribution in [0.4, 0.5) is 0 Å². The molecule has 2 aliphatic rings. The predicted octanol–water partition coefficient (Wildman–Crippen LogP) is 0.683. The molecule has 0 bridgehead atoms. The number of amides is 1. The van der Waals surface area contributed by atoms with Crippen LogP contribution >= 0.6 is 0 Å². The second kappa shape index (κ2) is 7.38. The molecule has 2 heterocycles. The van der Waals surface area contributed by atoms with Crippen LogP contribution in [0.1, 0.15) is 33.1 Å². The van der Waals surface area contributed by atoms with Gasteiger partial charge in [0.15, 0.2) is 0 Å². The van der Waals surface area contributed by atoms with Gasteiger partial charge in [0.25, 0.3) is 0 Å². The first-order valence-corrected chi connectivity index (χ1v) is 7.96. The molecule has 0 aromatic carbocycles. The Labute approximate surface area is 122 Å². The lowest BCUT2D eigenvalue weighted by Gasteiger charge is -2.26. The molecular weight excluding hydrogens is 254 g/mol. The Morgan fingerprint density at radius 3 is 2.70 bits per heavy atom. The Morgan fingerprint density at radius 1 is 1.25 bits per heavy atom. The van der Waals surface area contributed by atoms with E-state index in [0.717, 1.165) is 45.8 Å². The number of carbonyl (C=O) groups excluding carboxylic acids is 1. The average Bonchev–Trinajstić information content (AvgIpc) is 2.82. The highest BCUT2D eigenvalue weighted by Crippen LogP contribution is 2.15. The largest absolute Gasteiger partial charge is 0.377 e. The summed E-state index contributed by atoms with van der Waals surface area (Å²) in [6.07, 6.45) is 3.79. The maximum absolute atomic E-state index is 12.3. The van der Waals surface area contributed by atoms with Crippen molar-refractivity contribution in [1.29, 1.82) is 0 Å². The van der Waals surface area contributed by atoms with Crippen LogP contribution in [0.5, 0.6) is 0 Å². The molecule has 2 fully saturated rings. The van der Waals surface area contributed by atoms with Crippen molar-refractivity contribution in [3.63, 3.8) is 0 Å². The molecule has 0 spiro atoms. The molecule has 1 amide bonds. The summed E-state index contributed by atoms with van der Waals surface area (Å²) in [5.41, 5.74) is 5.98. The summed E-state index contributed by atoms with van der Waals surface area (Å²) in [5, 5.41) is 0. The summed E-state index contributed by atoms with van der Waals surface area (Å²) >= 11 is 0. The van der Waals surface area contributed by atoms with Gasteiger partial charge in [0.05, 0.1) is 12.1 Å². The third kappa shape index (κ3) is 4.17. The van der Waals surface area contributed by atoms with E-state index in [0.29, 0.717) is 6.10 Å². The van der Waals surface area contributed by atoms with Crippen molar-refractivity contribution >= 4 is 5.91 Å². The standard InChI is InChI=1S/C15H29N3O2/c1-12(2)14(16)15(19)18-7-4-6-17(8-9-18)11-13-5-3-10-20-13/h12-14H,3-11,16H2,1-2H3. The second-order valence-corrected chi connectivity index (χ2v) is 6.38. The molecule has 5 nitrogen and oxygen atoms in total. The van der Waals surface area contributed by atoms with Gasteiger partial charge in [-0.2, -0.15) is 0 Å². The lowest BCUT2D eigenvalue weighted by Crippen LogP contribution is -2.47. The van der Waals surface area contributed by atoms with Crippen molar-refractivity contribution < 1.29 is 9.53 Å². The summed E-state index contributed by atoms with van der Waals surface area (Å²) in [4.78, 5) is 16.7. The van der Waals surface area contributed by atoms with E-state index < -0.39 is 0 Å². The van der Waals surface area contributed by atoms with Crippen LogP contribution in [0, 0.1) is 5.92 Å². The minimum absolute atomic E-state index is 0.110. The smallest absolute Gasteiger partial charge is 0.239 e. The van der Waals surface area contributed by atoms with Gasteiger partial charge in [0.2, 0.25) is 5.91 Å². The Morgan fingerprint density at radius 2 is 2.05 bits per heavy atom. The molecule has 116 valence electrons. The molecular formula is C15H29N3O2. The van der Waals surface area contributed by atoms with E-state index in [1.54, 1.807) is 0 Å². The van der Waals surface area contributed by atoms with E-state index >= 15 is 0 Å². The zero-order chi connectivity index (χ0) is 14.5. The van der Waals surface area contributed by atoms with Gasteiger partial charge >= 0.3 is 0 Å². The molecule has 2 aliphatic heterocycles. The van der Waals surface area contributed by atoms with Gasteiger partial charge in [0, 0.05) is 32.8 Å². The Balaban J connectivity index is 1.80. The lowest BCUT2D eigenvalue weighted by atomic mass is 10.0. The van der Waals surface area contributed by atoms with Crippen molar-refractivity contribution in [3.05, 3.63) is 0 Å². The first-order valence-electron chi connectivity index (χ1n) is 7.96. The van der Waals surface area contributed by atoms with Gasteiger partial charge in [-0.05, 0) is 31.7 Å². The third-order valence-corrected chi connectivity index (χ3v) is 4.39. The number of nitrogens with two attached hydrogens (primary N) is 1. The highest BCUT2D eigenvalue weighted by atomic mass is 16.5. The molecule has 5 heteroatoms. The van der Waals surface area contributed by atoms with E-state index in [4.69, 9.17) is 10.5 Å². The lowest BCUT2D eigenvalue weighted by molar-refractivity contribution is -0.133. The Kier molecular flexibility index (Phi) is 5.81. The molecule has 0 aromatic rings. The van der Waals surface area contributed by atoms with Crippen LogP contribution in [0.2, 0.25) is 0 Å². The minimum atomic E-state index is -0.361. The predicted molar refractivity (Wildman–Crippen MR) is 79.4 cm³/mol. The summed E-state index contributed by atoms with van der Waals surface area (Å²) < 4.78 is 5.70. The normalized spacial score (nSPS) is 26.8. The van der Waals surface area contributed by atoms with E-state index in [-0.39, 0.29) is 17.9 Å². The van der Waals surface area contributed by atoms with Crippen LogP contribution < -0.4 is 5.73 Å². The highest BCUT2D eigenvalue weighted by Gasteiger charge is 2.26. The summed E-state index contributed by atoms with van der Waals surface area (Å²) in [6.45, 7) is 9.56. The van der Waals surface area contributed by atoms with Crippen molar-refractivity contribution in [2.75, 3.05) is 39.3 Å². The summed E-state index contributed by atoms with van der Waals surface area (Å²) in [7, 11) is 0. The molecule has 0 aliphatic carbocycles. The number of carbonyl (C=O) groups is 1. The number of ether oxygens (including phenoxy) is 1. The summed E-state index contributed by atoms with van der Waals surface area (Å²) in [6, 6.07) is -0.361. The number of rotatable bonds is 4. The van der Waals surface area contributed by atoms with Crippen molar-refractivity contribution in [3.8, 4) is 0 Å². The number of nitrogens with zero attached hydrogens (tertiary/aromatic N) is 2. The van der Waals surface area contributed by atoms with Crippen LogP contribution in [0.25, 0.3) is 0 Å². The average molecular weight is 283 g/mol. The van der Waals surface area contributed by atoms with Gasteiger partial charge in [-0.3, -0.25) is 9.69 Å². The quantitative estimate of drug-likeness (QED) is 0.824. The third-order valence-electron chi connectivity index (χ3n) is 4.39. The number of hydrogen-bond acceptors (Lipinski definition) is 4. The van der Waals surface area contributed by atoms with E-state index in [2.05, 4.69) is 4.90 Å². The molecule has 0 saturated carbocycles. The first kappa shape index (κ1) is 15.7. The molecule has 2 unspecified atom stereocenters. The van der Waals surface area contributed by atoms with Gasteiger partial charge in [-0.15, -0.1) is 0 Å². The molecule has 2 atom stereocenters. The zero-order valence-corrected chi connectivity index (χ0v) is 12.9. The van der Waals surface area contributed by atoms with Crippen LogP contribution in [-0.2, 0) is 9.53 Å². The fourth-order valence-corrected chi connectivity index (χ4v) is 2.95. The van der Waals surface area contributed by atoms with Crippen LogP contribution in [0.15, 0.2) is 0 Å². The minimum Gasteiger partial charge on any atom is -0.377 e. The number of hydrogen-bond donors (Lipinski definition) is 1. The van der Waals surface area contributed by atoms with Crippen molar-refractivity contribution in [2.24, 2.45) is 11.7 Å². The maximum Gasteiger partial charge on any atom is 0.239 e. The Hall–Kier alpha value is -0.650. The molecule has 0 radical (unpaired) electrons. The fraction of sp³-hybridized carbons (Fsp3) is 0.933. The van der Waals surface area contributed by atoms with E-state index in [1.807, 2.05) is 18.7 Å². The van der Waals surface area contributed by atoms with E-state index in [9.17, 15) is 4.79 Å². The van der Waals surface area contributed by atoms with Gasteiger partial charge < -0.3 is 15.4 Å². The van der Waals surface area contributed by atoms with E-state index in [1.165, 1.54) is 12.8 Å². The molecule has 2 N–H and O–H groups in total. The monoisotopic (exact) mass is 283 g/mol. The maximum atomic E-state index is 12.3.